The molecule has 7 heteroatoms. The van der Waals surface area contributed by atoms with E-state index in [1.165, 1.54) is 0 Å². The van der Waals surface area contributed by atoms with E-state index in [1.54, 1.807) is 24.8 Å². The van der Waals surface area contributed by atoms with Gasteiger partial charge in [0.1, 0.15) is 12.1 Å². The summed E-state index contributed by atoms with van der Waals surface area (Å²) in [6.45, 7) is 5.56. The van der Waals surface area contributed by atoms with Crippen LogP contribution in [0.3, 0.4) is 0 Å². The van der Waals surface area contributed by atoms with Crippen molar-refractivity contribution in [3.05, 3.63) is 60.3 Å². The molecule has 1 saturated heterocycles. The Bertz CT molecular complexity index is 970. The molecule has 1 amide bonds. The molecule has 4 rings (SSSR count). The summed E-state index contributed by atoms with van der Waals surface area (Å²) in [6.07, 6.45) is 9.64. The lowest BCUT2D eigenvalue weighted by molar-refractivity contribution is 0.0695. The maximum Gasteiger partial charge on any atom is 0.276 e. The van der Waals surface area contributed by atoms with E-state index in [4.69, 9.17) is 4.52 Å². The number of aromatic nitrogens is 4. The van der Waals surface area contributed by atoms with Gasteiger partial charge in [0.2, 0.25) is 0 Å². The van der Waals surface area contributed by atoms with Crippen LogP contribution >= 0.6 is 0 Å². The van der Waals surface area contributed by atoms with Gasteiger partial charge in [-0.25, -0.2) is 9.97 Å². The molecule has 7 nitrogen and oxygen atoms in total. The second-order valence-corrected chi connectivity index (χ2v) is 7.92. The van der Waals surface area contributed by atoms with Crippen LogP contribution in [0, 0.1) is 5.92 Å². The molecule has 29 heavy (non-hydrogen) atoms. The Morgan fingerprint density at radius 2 is 2.10 bits per heavy atom. The first-order valence-electron chi connectivity index (χ1n) is 10.1. The largest absolute Gasteiger partial charge is 0.361 e. The summed E-state index contributed by atoms with van der Waals surface area (Å²) in [5.74, 6) is 1.29. The van der Waals surface area contributed by atoms with Crippen molar-refractivity contribution in [2.75, 3.05) is 13.1 Å². The highest BCUT2D eigenvalue weighted by Crippen LogP contribution is 2.32. The van der Waals surface area contributed by atoms with Crippen LogP contribution in [0.1, 0.15) is 54.5 Å². The Balaban J connectivity index is 1.54. The summed E-state index contributed by atoms with van der Waals surface area (Å²) in [6, 6.07) is 5.69. The number of hydrogen-bond acceptors (Lipinski definition) is 6. The predicted molar refractivity (Wildman–Crippen MR) is 108 cm³/mol. The first-order chi connectivity index (χ1) is 14.1. The average molecular weight is 391 g/mol. The van der Waals surface area contributed by atoms with Gasteiger partial charge in [-0.2, -0.15) is 0 Å². The minimum Gasteiger partial charge on any atom is -0.361 e. The van der Waals surface area contributed by atoms with Crippen molar-refractivity contribution >= 4 is 5.91 Å². The molecular formula is C22H25N5O2. The highest BCUT2D eigenvalue weighted by molar-refractivity contribution is 5.92. The maximum atomic E-state index is 13.0. The number of likely N-dealkylation sites (tertiary alicyclic amines) is 1. The Kier molecular flexibility index (Phi) is 5.64. The van der Waals surface area contributed by atoms with Crippen LogP contribution in [-0.4, -0.2) is 44.0 Å². The van der Waals surface area contributed by atoms with Gasteiger partial charge in [-0.1, -0.05) is 19.0 Å². The topological polar surface area (TPSA) is 85.0 Å². The number of rotatable bonds is 5. The molecule has 0 aliphatic carbocycles. The number of piperidine rings is 1. The minimum atomic E-state index is -0.0760. The van der Waals surface area contributed by atoms with Crippen LogP contribution in [-0.2, 0) is 6.42 Å². The Hall–Kier alpha value is -3.09. The van der Waals surface area contributed by atoms with Gasteiger partial charge >= 0.3 is 0 Å². The Morgan fingerprint density at radius 1 is 1.28 bits per heavy atom. The van der Waals surface area contributed by atoms with Gasteiger partial charge in [0.15, 0.2) is 5.69 Å². The second kappa shape index (κ2) is 8.51. The van der Waals surface area contributed by atoms with Crippen molar-refractivity contribution in [3.63, 3.8) is 0 Å². The molecule has 1 atom stereocenters. The molecule has 1 fully saturated rings. The van der Waals surface area contributed by atoms with Crippen molar-refractivity contribution in [3.8, 4) is 11.1 Å². The normalized spacial score (nSPS) is 16.9. The summed E-state index contributed by atoms with van der Waals surface area (Å²) >= 11 is 0. The fraction of sp³-hybridized carbons (Fsp3) is 0.409. The van der Waals surface area contributed by atoms with Crippen LogP contribution in [0.5, 0.6) is 0 Å². The van der Waals surface area contributed by atoms with Gasteiger partial charge in [-0.15, -0.1) is 0 Å². The number of carbonyl (C=O) groups excluding carboxylic acids is 1. The lowest BCUT2D eigenvalue weighted by atomic mass is 9.90. The molecule has 0 saturated carbocycles. The summed E-state index contributed by atoms with van der Waals surface area (Å²) < 4.78 is 5.35. The average Bonchev–Trinajstić information content (AvgIpc) is 3.21. The first-order valence-corrected chi connectivity index (χ1v) is 10.1. The van der Waals surface area contributed by atoms with Crippen LogP contribution < -0.4 is 0 Å². The molecule has 0 bridgehead atoms. The quantitative estimate of drug-likeness (QED) is 0.659. The summed E-state index contributed by atoms with van der Waals surface area (Å²) in [4.78, 5) is 27.7. The van der Waals surface area contributed by atoms with Gasteiger partial charge < -0.3 is 9.42 Å². The van der Waals surface area contributed by atoms with Crippen molar-refractivity contribution < 1.29 is 9.32 Å². The SMILES string of the molecule is CC(C)Cc1cc(C(=O)N2CCC[C@@H](c3ncncc3-c3ccncc3)C2)no1. The minimum absolute atomic E-state index is 0.0760. The molecule has 0 spiro atoms. The highest BCUT2D eigenvalue weighted by Gasteiger charge is 2.29. The summed E-state index contributed by atoms with van der Waals surface area (Å²) in [5, 5.41) is 4.01. The number of amides is 1. The number of carbonyl (C=O) groups is 1. The van der Waals surface area contributed by atoms with Crippen molar-refractivity contribution in [1.82, 2.24) is 25.0 Å². The standard InChI is InChI=1S/C22H25N5O2/c1-15(2)10-18-11-20(26-29-18)22(28)27-9-3-4-17(13-27)21-19(12-24-14-25-21)16-5-7-23-8-6-16/h5-8,11-12,14-15,17H,3-4,9-10,13H2,1-2H3/t17-/m1/s1. The van der Waals surface area contributed by atoms with Gasteiger partial charge in [-0.05, 0) is 36.5 Å². The smallest absolute Gasteiger partial charge is 0.276 e. The van der Waals surface area contributed by atoms with Crippen LogP contribution in [0.4, 0.5) is 0 Å². The van der Waals surface area contributed by atoms with Gasteiger partial charge in [0, 0.05) is 55.6 Å². The molecule has 0 aromatic carbocycles. The Labute approximate surface area is 170 Å². The van der Waals surface area contributed by atoms with E-state index in [9.17, 15) is 4.79 Å². The number of pyridine rings is 1. The van der Waals surface area contributed by atoms with E-state index in [2.05, 4.69) is 34.0 Å². The first kappa shape index (κ1) is 19.2. The van der Waals surface area contributed by atoms with E-state index in [-0.39, 0.29) is 11.8 Å². The fourth-order valence-electron chi connectivity index (χ4n) is 3.88. The van der Waals surface area contributed by atoms with E-state index >= 15 is 0 Å². The third-order valence-electron chi connectivity index (χ3n) is 5.22. The molecule has 1 aliphatic heterocycles. The van der Waals surface area contributed by atoms with E-state index < -0.39 is 0 Å². The third-order valence-corrected chi connectivity index (χ3v) is 5.22. The molecule has 3 aromatic heterocycles. The molecule has 0 radical (unpaired) electrons. The van der Waals surface area contributed by atoms with Crippen molar-refractivity contribution in [2.24, 2.45) is 5.92 Å². The molecular weight excluding hydrogens is 366 g/mol. The van der Waals surface area contributed by atoms with Crippen LogP contribution in [0.15, 0.2) is 47.6 Å². The second-order valence-electron chi connectivity index (χ2n) is 7.92. The predicted octanol–water partition coefficient (Wildman–Crippen LogP) is 3.74. The molecule has 1 aliphatic rings. The van der Waals surface area contributed by atoms with E-state index in [0.29, 0.717) is 18.2 Å². The molecule has 0 unspecified atom stereocenters. The molecule has 150 valence electrons. The van der Waals surface area contributed by atoms with Crippen LogP contribution in [0.2, 0.25) is 0 Å². The Morgan fingerprint density at radius 3 is 2.90 bits per heavy atom. The number of hydrogen-bond donors (Lipinski definition) is 0. The zero-order chi connectivity index (χ0) is 20.2. The van der Waals surface area contributed by atoms with E-state index in [1.807, 2.05) is 23.2 Å². The van der Waals surface area contributed by atoms with Crippen molar-refractivity contribution in [2.45, 2.75) is 39.0 Å². The van der Waals surface area contributed by atoms with Gasteiger partial charge in [-0.3, -0.25) is 9.78 Å². The summed E-state index contributed by atoms with van der Waals surface area (Å²) in [5.41, 5.74) is 3.39. The van der Waals surface area contributed by atoms with E-state index in [0.717, 1.165) is 48.4 Å². The fourth-order valence-corrected chi connectivity index (χ4v) is 3.88. The van der Waals surface area contributed by atoms with Crippen LogP contribution in [0.25, 0.3) is 11.1 Å². The zero-order valence-electron chi connectivity index (χ0n) is 16.8. The highest BCUT2D eigenvalue weighted by atomic mass is 16.5. The van der Waals surface area contributed by atoms with Gasteiger partial charge in [0.25, 0.3) is 5.91 Å². The summed E-state index contributed by atoms with van der Waals surface area (Å²) in [7, 11) is 0. The van der Waals surface area contributed by atoms with Crippen molar-refractivity contribution in [1.29, 1.82) is 0 Å². The molecule has 0 N–H and O–H groups in total. The lowest BCUT2D eigenvalue weighted by Crippen LogP contribution is -2.39. The molecule has 3 aromatic rings. The third kappa shape index (κ3) is 4.34. The number of nitrogens with zero attached hydrogens (tertiary/aromatic N) is 5. The zero-order valence-corrected chi connectivity index (χ0v) is 16.8. The molecule has 4 heterocycles. The lowest BCUT2D eigenvalue weighted by Gasteiger charge is -2.32. The monoisotopic (exact) mass is 391 g/mol. The van der Waals surface area contributed by atoms with Gasteiger partial charge in [0.05, 0.1) is 5.69 Å². The maximum absolute atomic E-state index is 13.0.